The zero-order valence-corrected chi connectivity index (χ0v) is 25.2. The van der Waals surface area contributed by atoms with Gasteiger partial charge in [-0.25, -0.2) is 14.5 Å². The highest BCUT2D eigenvalue weighted by molar-refractivity contribution is 8.14. The minimum Gasteiger partial charge on any atom is -0.406 e. The van der Waals surface area contributed by atoms with Crippen LogP contribution in [0.15, 0.2) is 84.2 Å². The number of anilines is 1. The number of amides is 2. The number of carbonyl (C=O) groups excluding carboxylic acids is 1. The number of alkyl halides is 3. The summed E-state index contributed by atoms with van der Waals surface area (Å²) in [7, 11) is 0. The molecule has 3 aromatic carbocycles. The fraction of sp³-hybridized carbons (Fsp3) is 0.250. The number of carbonyl (C=O) groups is 1. The van der Waals surface area contributed by atoms with E-state index in [4.69, 9.17) is 0 Å². The second-order valence-electron chi connectivity index (χ2n) is 10.4. The Morgan fingerprint density at radius 2 is 1.84 bits per heavy atom. The molecule has 0 atom stereocenters. The van der Waals surface area contributed by atoms with E-state index in [1.54, 1.807) is 24.0 Å². The molecule has 4 aromatic rings. The Balaban J connectivity index is 1.21. The number of hydrogen-bond donors (Lipinski definition) is 1. The molecule has 0 aliphatic carbocycles. The number of halogens is 3. The molecule has 1 aliphatic heterocycles. The Labute approximate surface area is 257 Å². The summed E-state index contributed by atoms with van der Waals surface area (Å²) in [6, 6.07) is 18.7. The smallest absolute Gasteiger partial charge is 0.406 e. The van der Waals surface area contributed by atoms with Gasteiger partial charge in [0, 0.05) is 29.7 Å². The lowest BCUT2D eigenvalue weighted by Gasteiger charge is -2.32. The second kappa shape index (κ2) is 13.4. The minimum atomic E-state index is -4.75. The first-order chi connectivity index (χ1) is 21.1. The van der Waals surface area contributed by atoms with Crippen molar-refractivity contribution in [1.82, 2.24) is 20.1 Å². The Bertz CT molecular complexity index is 1660. The average Bonchev–Trinajstić information content (AvgIpc) is 3.48. The van der Waals surface area contributed by atoms with E-state index in [0.29, 0.717) is 22.6 Å². The standard InChI is InChI=1S/C32H31F3N6O2S/c1-21(2)27-14-5-22(3)19-28(27)40-17-4-18-44-31(40)38-30(42)36-16-15-23-6-8-24(9-7-23)29-37-20-41(39-29)25-10-12-26(13-11-25)43-32(33,34)35/h5-16,19-21H,4,17-18H2,1-3H3,(H,36,42)/b16-15+,38-31?. The van der Waals surface area contributed by atoms with E-state index in [9.17, 15) is 18.0 Å². The van der Waals surface area contributed by atoms with Gasteiger partial charge >= 0.3 is 12.4 Å². The molecule has 0 spiro atoms. The van der Waals surface area contributed by atoms with Crippen LogP contribution in [0.2, 0.25) is 0 Å². The number of thioether (sulfide) groups is 1. The molecule has 44 heavy (non-hydrogen) atoms. The van der Waals surface area contributed by atoms with E-state index >= 15 is 0 Å². The van der Waals surface area contributed by atoms with Crippen LogP contribution in [0.4, 0.5) is 23.7 Å². The molecule has 0 bridgehead atoms. The Morgan fingerprint density at radius 3 is 2.55 bits per heavy atom. The van der Waals surface area contributed by atoms with Crippen molar-refractivity contribution in [2.24, 2.45) is 4.99 Å². The van der Waals surface area contributed by atoms with Crippen molar-refractivity contribution >= 4 is 34.7 Å². The van der Waals surface area contributed by atoms with Crippen LogP contribution in [-0.4, -0.2) is 44.6 Å². The maximum absolute atomic E-state index is 12.7. The Hall–Kier alpha value is -4.58. The molecule has 12 heteroatoms. The predicted octanol–water partition coefficient (Wildman–Crippen LogP) is 7.94. The SMILES string of the molecule is Cc1ccc(C(C)C)c(N2CCCSC2=NC(=O)N/C=C/c2ccc(-c3ncn(-c4ccc(OC(F)(F)F)cc4)n3)cc2)c1. The number of rotatable bonds is 7. The summed E-state index contributed by atoms with van der Waals surface area (Å²) >= 11 is 1.58. The second-order valence-corrected chi connectivity index (χ2v) is 11.5. The van der Waals surface area contributed by atoms with Crippen molar-refractivity contribution < 1.29 is 22.7 Å². The van der Waals surface area contributed by atoms with Gasteiger partial charge in [-0.2, -0.15) is 4.99 Å². The Morgan fingerprint density at radius 1 is 1.09 bits per heavy atom. The third-order valence-electron chi connectivity index (χ3n) is 6.76. The van der Waals surface area contributed by atoms with Gasteiger partial charge in [-0.1, -0.05) is 62.0 Å². The number of urea groups is 1. The molecule has 8 nitrogen and oxygen atoms in total. The third-order valence-corrected chi connectivity index (χ3v) is 7.82. The summed E-state index contributed by atoms with van der Waals surface area (Å²) in [4.78, 5) is 23.6. The number of aliphatic imine (C=N–C) groups is 1. The lowest BCUT2D eigenvalue weighted by molar-refractivity contribution is -0.274. The molecular weight excluding hydrogens is 589 g/mol. The molecule has 5 rings (SSSR count). The molecule has 0 unspecified atom stereocenters. The van der Waals surface area contributed by atoms with Crippen LogP contribution in [0.5, 0.6) is 5.75 Å². The average molecular weight is 621 g/mol. The molecule has 1 fully saturated rings. The van der Waals surface area contributed by atoms with Gasteiger partial charge in [-0.05, 0) is 72.4 Å². The van der Waals surface area contributed by atoms with Gasteiger partial charge < -0.3 is 15.0 Å². The number of ether oxygens (including phenoxy) is 1. The number of aromatic nitrogens is 3. The highest BCUT2D eigenvalue weighted by atomic mass is 32.2. The molecular formula is C32H31F3N6O2S. The monoisotopic (exact) mass is 620 g/mol. The highest BCUT2D eigenvalue weighted by Crippen LogP contribution is 2.33. The molecule has 2 amide bonds. The van der Waals surface area contributed by atoms with E-state index in [2.05, 4.69) is 69.0 Å². The van der Waals surface area contributed by atoms with E-state index in [1.165, 1.54) is 40.8 Å². The summed E-state index contributed by atoms with van der Waals surface area (Å²) in [5, 5.41) is 7.85. The fourth-order valence-corrected chi connectivity index (χ4v) is 5.59. The van der Waals surface area contributed by atoms with Crippen LogP contribution in [-0.2, 0) is 0 Å². The van der Waals surface area contributed by atoms with Gasteiger partial charge in [0.1, 0.15) is 12.1 Å². The third kappa shape index (κ3) is 7.87. The Kier molecular flexibility index (Phi) is 9.38. The minimum absolute atomic E-state index is 0.314. The molecule has 1 aliphatic rings. The van der Waals surface area contributed by atoms with E-state index in [0.717, 1.165) is 41.1 Å². The molecule has 1 aromatic heterocycles. The number of aryl methyl sites for hydroxylation is 1. The number of nitrogens with one attached hydrogen (secondary N) is 1. The maximum Gasteiger partial charge on any atom is 0.573 e. The van der Waals surface area contributed by atoms with E-state index < -0.39 is 12.4 Å². The van der Waals surface area contributed by atoms with E-state index in [1.807, 2.05) is 24.3 Å². The van der Waals surface area contributed by atoms with Gasteiger partial charge in [0.05, 0.1) is 5.69 Å². The molecule has 1 N–H and O–H groups in total. The van der Waals surface area contributed by atoms with Gasteiger partial charge in [0.25, 0.3) is 0 Å². The summed E-state index contributed by atoms with van der Waals surface area (Å²) < 4.78 is 42.6. The largest absolute Gasteiger partial charge is 0.573 e. The van der Waals surface area contributed by atoms with Crippen LogP contribution in [0.25, 0.3) is 23.2 Å². The molecule has 2 heterocycles. The van der Waals surface area contributed by atoms with Gasteiger partial charge in [0.15, 0.2) is 11.0 Å². The van der Waals surface area contributed by atoms with Crippen molar-refractivity contribution in [3.63, 3.8) is 0 Å². The van der Waals surface area contributed by atoms with Crippen LogP contribution >= 0.6 is 11.8 Å². The van der Waals surface area contributed by atoms with Gasteiger partial charge in [-0.3, -0.25) is 0 Å². The number of hydrogen-bond acceptors (Lipinski definition) is 5. The van der Waals surface area contributed by atoms with Crippen LogP contribution < -0.4 is 15.0 Å². The van der Waals surface area contributed by atoms with Crippen molar-refractivity contribution in [1.29, 1.82) is 0 Å². The first-order valence-corrected chi connectivity index (χ1v) is 15.0. The van der Waals surface area contributed by atoms with Crippen molar-refractivity contribution in [3.8, 4) is 22.8 Å². The number of benzene rings is 3. The summed E-state index contributed by atoms with van der Waals surface area (Å²) in [6.45, 7) is 7.20. The maximum atomic E-state index is 12.7. The lowest BCUT2D eigenvalue weighted by atomic mass is 9.98. The van der Waals surface area contributed by atoms with Crippen LogP contribution in [0.1, 0.15) is 42.9 Å². The van der Waals surface area contributed by atoms with Crippen molar-refractivity contribution in [2.45, 2.75) is 39.5 Å². The lowest BCUT2D eigenvalue weighted by Crippen LogP contribution is -2.36. The zero-order valence-electron chi connectivity index (χ0n) is 24.4. The van der Waals surface area contributed by atoms with Crippen molar-refractivity contribution in [2.75, 3.05) is 17.2 Å². The van der Waals surface area contributed by atoms with Crippen LogP contribution in [0.3, 0.4) is 0 Å². The zero-order chi connectivity index (χ0) is 31.3. The summed E-state index contributed by atoms with van der Waals surface area (Å²) in [6.07, 6.45) is 1.07. The first-order valence-electron chi connectivity index (χ1n) is 14.0. The topological polar surface area (TPSA) is 84.6 Å². The van der Waals surface area contributed by atoms with Gasteiger partial charge in [-0.15, -0.1) is 18.3 Å². The predicted molar refractivity (Wildman–Crippen MR) is 168 cm³/mol. The quantitative estimate of drug-likeness (QED) is 0.226. The fourth-order valence-electron chi connectivity index (χ4n) is 4.64. The number of nitrogens with zero attached hydrogens (tertiary/aromatic N) is 5. The normalized spacial score (nSPS) is 14.9. The summed E-state index contributed by atoms with van der Waals surface area (Å²) in [5.41, 5.74) is 5.62. The summed E-state index contributed by atoms with van der Waals surface area (Å²) in [5.74, 6) is 1.38. The molecule has 1 saturated heterocycles. The number of amidine groups is 1. The highest BCUT2D eigenvalue weighted by Gasteiger charge is 2.31. The molecule has 228 valence electrons. The van der Waals surface area contributed by atoms with E-state index in [-0.39, 0.29) is 5.75 Å². The first kappa shape index (κ1) is 30.9. The molecule has 0 radical (unpaired) electrons. The van der Waals surface area contributed by atoms with Gasteiger partial charge in [0.2, 0.25) is 0 Å². The van der Waals surface area contributed by atoms with Crippen molar-refractivity contribution in [3.05, 3.63) is 95.9 Å². The molecule has 0 saturated carbocycles. The van der Waals surface area contributed by atoms with Crippen LogP contribution in [0, 0.1) is 6.92 Å².